The third-order valence-electron chi connectivity index (χ3n) is 6.70. The summed E-state index contributed by atoms with van der Waals surface area (Å²) in [5.41, 5.74) is 5.79. The van der Waals surface area contributed by atoms with E-state index in [1.807, 2.05) is 0 Å². The van der Waals surface area contributed by atoms with Gasteiger partial charge in [0.2, 0.25) is 0 Å². The number of nitrogens with zero attached hydrogens (tertiary/aromatic N) is 3. The predicted octanol–water partition coefficient (Wildman–Crippen LogP) is 3.51. The smallest absolute Gasteiger partial charge is 0.119 e. The van der Waals surface area contributed by atoms with Gasteiger partial charge in [-0.05, 0) is 61.8 Å². The summed E-state index contributed by atoms with van der Waals surface area (Å²) < 4.78 is 7.85. The van der Waals surface area contributed by atoms with Gasteiger partial charge in [0.15, 0.2) is 0 Å². The van der Waals surface area contributed by atoms with Crippen LogP contribution in [0.2, 0.25) is 0 Å². The molecule has 0 radical (unpaired) electrons. The molecule has 5 nitrogen and oxygen atoms in total. The van der Waals surface area contributed by atoms with Crippen molar-refractivity contribution in [2.75, 3.05) is 51.3 Å². The number of anilines is 1. The van der Waals surface area contributed by atoms with Gasteiger partial charge in [-0.25, -0.2) is 0 Å². The summed E-state index contributed by atoms with van der Waals surface area (Å²) in [6.07, 6.45) is 2.35. The Morgan fingerprint density at radius 3 is 2.53 bits per heavy atom. The van der Waals surface area contributed by atoms with Crippen molar-refractivity contribution in [1.29, 1.82) is 0 Å². The second kappa shape index (κ2) is 8.70. The maximum absolute atomic E-state index is 5.28. The molecule has 1 aromatic heterocycles. The highest BCUT2D eigenvalue weighted by molar-refractivity contribution is 5.85. The number of benzene rings is 2. The molecule has 1 N–H and O–H groups in total. The largest absolute Gasteiger partial charge is 0.497 e. The van der Waals surface area contributed by atoms with Crippen molar-refractivity contribution < 1.29 is 4.74 Å². The first-order valence-corrected chi connectivity index (χ1v) is 11.2. The van der Waals surface area contributed by atoms with Gasteiger partial charge in [-0.1, -0.05) is 18.2 Å². The molecular formula is C25H32N4O. The molecule has 0 spiro atoms. The van der Waals surface area contributed by atoms with Crippen LogP contribution in [-0.2, 0) is 19.5 Å². The molecule has 158 valence electrons. The Hall–Kier alpha value is -2.50. The number of nitrogens with one attached hydrogen (secondary N) is 1. The molecule has 3 heterocycles. The van der Waals surface area contributed by atoms with Gasteiger partial charge in [-0.2, -0.15) is 0 Å². The molecule has 5 heteroatoms. The molecule has 2 aliphatic rings. The van der Waals surface area contributed by atoms with E-state index in [2.05, 4.69) is 68.2 Å². The third-order valence-corrected chi connectivity index (χ3v) is 6.70. The Morgan fingerprint density at radius 2 is 1.73 bits per heavy atom. The summed E-state index contributed by atoms with van der Waals surface area (Å²) >= 11 is 0. The highest BCUT2D eigenvalue weighted by Gasteiger charge is 2.20. The van der Waals surface area contributed by atoms with Crippen LogP contribution in [0.25, 0.3) is 10.9 Å². The van der Waals surface area contributed by atoms with Gasteiger partial charge in [0.1, 0.15) is 5.75 Å². The van der Waals surface area contributed by atoms with Gasteiger partial charge in [0.25, 0.3) is 0 Å². The van der Waals surface area contributed by atoms with Crippen LogP contribution < -0.4 is 15.0 Å². The molecule has 0 unspecified atom stereocenters. The molecule has 1 saturated heterocycles. The highest BCUT2D eigenvalue weighted by Crippen LogP contribution is 2.29. The first-order chi connectivity index (χ1) is 14.8. The lowest BCUT2D eigenvalue weighted by atomic mass is 10.1. The highest BCUT2D eigenvalue weighted by atomic mass is 16.5. The number of piperazine rings is 1. The Balaban J connectivity index is 1.17. The topological polar surface area (TPSA) is 32.7 Å². The number of hydrogen-bond donors (Lipinski definition) is 1. The van der Waals surface area contributed by atoms with Crippen LogP contribution in [0.5, 0.6) is 5.75 Å². The molecule has 2 aliphatic heterocycles. The molecule has 30 heavy (non-hydrogen) atoms. The maximum atomic E-state index is 5.28. The number of fused-ring (bicyclic) bond motifs is 3. The fourth-order valence-electron chi connectivity index (χ4n) is 5.06. The van der Waals surface area contributed by atoms with E-state index in [-0.39, 0.29) is 0 Å². The zero-order valence-corrected chi connectivity index (χ0v) is 17.9. The predicted molar refractivity (Wildman–Crippen MR) is 124 cm³/mol. The van der Waals surface area contributed by atoms with E-state index in [0.717, 1.165) is 58.0 Å². The molecular weight excluding hydrogens is 372 g/mol. The Kier molecular flexibility index (Phi) is 5.65. The van der Waals surface area contributed by atoms with Crippen LogP contribution in [0.4, 0.5) is 5.69 Å². The van der Waals surface area contributed by atoms with Gasteiger partial charge >= 0.3 is 0 Å². The van der Waals surface area contributed by atoms with E-state index in [1.165, 1.54) is 35.2 Å². The van der Waals surface area contributed by atoms with Crippen molar-refractivity contribution in [3.8, 4) is 5.75 Å². The zero-order valence-electron chi connectivity index (χ0n) is 17.9. The van der Waals surface area contributed by atoms with Gasteiger partial charge in [0, 0.05) is 61.6 Å². The lowest BCUT2D eigenvalue weighted by Gasteiger charge is -2.36. The number of ether oxygens (including phenoxy) is 1. The monoisotopic (exact) mass is 404 g/mol. The van der Waals surface area contributed by atoms with Crippen LogP contribution in [0.15, 0.2) is 48.5 Å². The summed E-state index contributed by atoms with van der Waals surface area (Å²) in [7, 11) is 1.72. The van der Waals surface area contributed by atoms with E-state index in [4.69, 9.17) is 4.74 Å². The van der Waals surface area contributed by atoms with Crippen molar-refractivity contribution in [2.45, 2.75) is 25.9 Å². The maximum Gasteiger partial charge on any atom is 0.119 e. The Labute approximate surface area is 179 Å². The number of methoxy groups -OCH3 is 1. The average molecular weight is 405 g/mol. The summed E-state index contributed by atoms with van der Waals surface area (Å²) in [6.45, 7) is 8.85. The minimum absolute atomic E-state index is 0.923. The van der Waals surface area contributed by atoms with Crippen molar-refractivity contribution >= 4 is 16.6 Å². The number of aromatic nitrogens is 1. The SMILES string of the molecule is COc1ccc(N2CCN(CCCn3c4c(c5ccccc53)CCNC4)CC2)cc1. The third kappa shape index (κ3) is 3.80. The minimum Gasteiger partial charge on any atom is -0.497 e. The van der Waals surface area contributed by atoms with E-state index < -0.39 is 0 Å². The summed E-state index contributed by atoms with van der Waals surface area (Å²) in [5.74, 6) is 0.923. The van der Waals surface area contributed by atoms with Crippen LogP contribution in [0.3, 0.4) is 0 Å². The fraction of sp³-hybridized carbons (Fsp3) is 0.440. The lowest BCUT2D eigenvalue weighted by Crippen LogP contribution is -2.46. The Bertz CT molecular complexity index is 986. The normalized spacial score (nSPS) is 17.3. The van der Waals surface area contributed by atoms with Gasteiger partial charge in [-0.3, -0.25) is 4.90 Å². The Morgan fingerprint density at radius 1 is 0.933 bits per heavy atom. The van der Waals surface area contributed by atoms with Crippen LogP contribution in [-0.4, -0.2) is 55.8 Å². The van der Waals surface area contributed by atoms with E-state index in [0.29, 0.717) is 0 Å². The van der Waals surface area contributed by atoms with E-state index >= 15 is 0 Å². The summed E-state index contributed by atoms with van der Waals surface area (Å²) in [4.78, 5) is 5.11. The number of para-hydroxylation sites is 1. The van der Waals surface area contributed by atoms with Gasteiger partial charge < -0.3 is 19.5 Å². The second-order valence-electron chi connectivity index (χ2n) is 8.40. The molecule has 3 aromatic rings. The van der Waals surface area contributed by atoms with Gasteiger partial charge in [0.05, 0.1) is 7.11 Å². The van der Waals surface area contributed by atoms with Crippen molar-refractivity contribution in [1.82, 2.24) is 14.8 Å². The molecule has 0 atom stereocenters. The van der Waals surface area contributed by atoms with Crippen molar-refractivity contribution in [3.63, 3.8) is 0 Å². The molecule has 1 fully saturated rings. The number of rotatable bonds is 6. The van der Waals surface area contributed by atoms with Gasteiger partial charge in [-0.15, -0.1) is 0 Å². The fourth-order valence-corrected chi connectivity index (χ4v) is 5.06. The molecule has 0 amide bonds. The standard InChI is InChI=1S/C25H32N4O/c1-30-21-9-7-20(8-10-21)28-17-15-27(16-18-28)13-4-14-29-24-6-3-2-5-22(24)23-11-12-26-19-25(23)29/h2-3,5-10,26H,4,11-19H2,1H3. The van der Waals surface area contributed by atoms with E-state index in [9.17, 15) is 0 Å². The quantitative estimate of drug-likeness (QED) is 0.682. The summed E-state index contributed by atoms with van der Waals surface area (Å²) in [6, 6.07) is 17.4. The average Bonchev–Trinajstić information content (AvgIpc) is 3.14. The van der Waals surface area contributed by atoms with Crippen LogP contribution in [0.1, 0.15) is 17.7 Å². The zero-order chi connectivity index (χ0) is 20.3. The molecule has 2 aromatic carbocycles. The number of aryl methyl sites for hydroxylation is 1. The first-order valence-electron chi connectivity index (χ1n) is 11.2. The van der Waals surface area contributed by atoms with Crippen LogP contribution in [0, 0.1) is 0 Å². The second-order valence-corrected chi connectivity index (χ2v) is 8.40. The van der Waals surface area contributed by atoms with E-state index in [1.54, 1.807) is 12.7 Å². The molecule has 0 bridgehead atoms. The van der Waals surface area contributed by atoms with Crippen LogP contribution >= 0.6 is 0 Å². The molecule has 0 aliphatic carbocycles. The lowest BCUT2D eigenvalue weighted by molar-refractivity contribution is 0.250. The minimum atomic E-state index is 0.923. The van der Waals surface area contributed by atoms with Crippen molar-refractivity contribution in [2.24, 2.45) is 0 Å². The molecule has 0 saturated carbocycles. The number of hydrogen-bond acceptors (Lipinski definition) is 4. The molecule has 5 rings (SSSR count). The first kappa shape index (κ1) is 19.5. The summed E-state index contributed by atoms with van der Waals surface area (Å²) in [5, 5.41) is 5.03. The van der Waals surface area contributed by atoms with Crippen molar-refractivity contribution in [3.05, 3.63) is 59.8 Å².